The minimum atomic E-state index is 0. The number of aromatic nitrogens is 1. The average molecular weight is 426 g/mol. The Balaban J connectivity index is 0.00000400. The highest BCUT2D eigenvalue weighted by molar-refractivity contribution is 14.0. The van der Waals surface area contributed by atoms with Crippen LogP contribution in [-0.4, -0.2) is 43.1 Å². The van der Waals surface area contributed by atoms with Crippen molar-refractivity contribution in [1.29, 1.82) is 0 Å². The molecule has 1 heterocycles. The van der Waals surface area contributed by atoms with Gasteiger partial charge in [0.25, 0.3) is 0 Å². The number of thiazole rings is 1. The lowest BCUT2D eigenvalue weighted by molar-refractivity contribution is 0.119. The molecule has 0 bridgehead atoms. The molecule has 1 atom stereocenters. The number of guanidine groups is 1. The highest BCUT2D eigenvalue weighted by Gasteiger charge is 2.12. The third-order valence-corrected chi connectivity index (χ3v) is 3.91. The van der Waals surface area contributed by atoms with Crippen LogP contribution in [0.4, 0.5) is 0 Å². The van der Waals surface area contributed by atoms with E-state index in [1.807, 2.05) is 14.0 Å². The van der Waals surface area contributed by atoms with Gasteiger partial charge in [-0.05, 0) is 20.3 Å². The van der Waals surface area contributed by atoms with Crippen LogP contribution >= 0.6 is 35.3 Å². The molecule has 5 nitrogen and oxygen atoms in total. The number of nitrogens with zero attached hydrogens (tertiary/aromatic N) is 3. The molecule has 0 radical (unpaired) electrons. The van der Waals surface area contributed by atoms with Crippen LogP contribution in [0.1, 0.15) is 44.0 Å². The van der Waals surface area contributed by atoms with E-state index in [1.54, 1.807) is 18.4 Å². The number of hydrogen-bond donors (Lipinski definition) is 1. The Hall–Kier alpha value is -0.410. The summed E-state index contributed by atoms with van der Waals surface area (Å²) in [6.07, 6.45) is 1.11. The fourth-order valence-corrected chi connectivity index (χ4v) is 2.53. The molecule has 0 amide bonds. The molecule has 1 unspecified atom stereocenters. The van der Waals surface area contributed by atoms with E-state index < -0.39 is 0 Å². The van der Waals surface area contributed by atoms with Crippen molar-refractivity contribution in [2.45, 2.75) is 39.8 Å². The molecule has 21 heavy (non-hydrogen) atoms. The molecule has 0 aliphatic rings. The zero-order valence-electron chi connectivity index (χ0n) is 13.5. The second kappa shape index (κ2) is 11.2. The van der Waals surface area contributed by atoms with Gasteiger partial charge in [-0.25, -0.2) is 4.98 Å². The molecule has 122 valence electrons. The summed E-state index contributed by atoms with van der Waals surface area (Å²) in [6.45, 7) is 8.69. The van der Waals surface area contributed by atoms with E-state index in [2.05, 4.69) is 39.4 Å². The third kappa shape index (κ3) is 6.92. The molecular formula is C14H27IN4OS. The summed E-state index contributed by atoms with van der Waals surface area (Å²) in [7, 11) is 3.74. The molecule has 1 N–H and O–H groups in total. The summed E-state index contributed by atoms with van der Waals surface area (Å²) in [5.41, 5.74) is 1.05. The lowest BCUT2D eigenvalue weighted by Gasteiger charge is -2.21. The third-order valence-electron chi connectivity index (χ3n) is 2.85. The first-order chi connectivity index (χ1) is 9.62. The van der Waals surface area contributed by atoms with Crippen LogP contribution in [0.5, 0.6) is 0 Å². The van der Waals surface area contributed by atoms with E-state index in [0.717, 1.165) is 42.7 Å². The quantitative estimate of drug-likeness (QED) is 0.413. The summed E-state index contributed by atoms with van der Waals surface area (Å²) in [5, 5.41) is 6.41. The van der Waals surface area contributed by atoms with Gasteiger partial charge in [0.05, 0.1) is 12.2 Å². The van der Waals surface area contributed by atoms with Crippen LogP contribution in [0.3, 0.4) is 0 Å². The van der Waals surface area contributed by atoms with Crippen molar-refractivity contribution in [1.82, 2.24) is 15.2 Å². The van der Waals surface area contributed by atoms with Gasteiger partial charge in [-0.3, -0.25) is 4.99 Å². The number of methoxy groups -OCH3 is 1. The molecule has 0 aliphatic carbocycles. The summed E-state index contributed by atoms with van der Waals surface area (Å²) >= 11 is 1.64. The van der Waals surface area contributed by atoms with Crippen molar-refractivity contribution in [3.8, 4) is 0 Å². The van der Waals surface area contributed by atoms with Crippen LogP contribution in [0.25, 0.3) is 0 Å². The van der Waals surface area contributed by atoms with Gasteiger partial charge in [-0.2, -0.15) is 0 Å². The Labute approximate surface area is 149 Å². The summed E-state index contributed by atoms with van der Waals surface area (Å²) in [5.74, 6) is 0.934. The summed E-state index contributed by atoms with van der Waals surface area (Å²) in [4.78, 5) is 11.3. The van der Waals surface area contributed by atoms with Crippen molar-refractivity contribution >= 4 is 41.3 Å². The van der Waals surface area contributed by atoms with Crippen LogP contribution < -0.4 is 5.32 Å². The predicted molar refractivity (Wildman–Crippen MR) is 101 cm³/mol. The van der Waals surface area contributed by atoms with Crippen molar-refractivity contribution in [3.63, 3.8) is 0 Å². The van der Waals surface area contributed by atoms with Gasteiger partial charge in [-0.15, -0.1) is 35.3 Å². The number of halogens is 1. The molecule has 7 heteroatoms. The van der Waals surface area contributed by atoms with E-state index in [1.165, 1.54) is 0 Å². The Morgan fingerprint density at radius 3 is 2.81 bits per heavy atom. The van der Waals surface area contributed by atoms with Crippen LogP contribution in [0.15, 0.2) is 10.4 Å². The fraction of sp³-hybridized carbons (Fsp3) is 0.714. The van der Waals surface area contributed by atoms with Gasteiger partial charge in [0.15, 0.2) is 5.96 Å². The molecular weight excluding hydrogens is 399 g/mol. The first-order valence-corrected chi connectivity index (χ1v) is 7.96. The second-order valence-corrected chi connectivity index (χ2v) is 5.54. The van der Waals surface area contributed by atoms with E-state index in [4.69, 9.17) is 4.74 Å². The molecule has 0 spiro atoms. The lowest BCUT2D eigenvalue weighted by Crippen LogP contribution is -2.38. The monoisotopic (exact) mass is 426 g/mol. The number of hydrogen-bond acceptors (Lipinski definition) is 4. The maximum atomic E-state index is 5.29. The zero-order valence-corrected chi connectivity index (χ0v) is 16.7. The lowest BCUT2D eigenvalue weighted by atomic mass is 10.4. The minimum absolute atomic E-state index is 0. The second-order valence-electron chi connectivity index (χ2n) is 4.65. The Morgan fingerprint density at radius 1 is 1.52 bits per heavy atom. The predicted octanol–water partition coefficient (Wildman–Crippen LogP) is 3.28. The highest BCUT2D eigenvalue weighted by atomic mass is 127. The van der Waals surface area contributed by atoms with Gasteiger partial charge in [0.1, 0.15) is 11.1 Å². The van der Waals surface area contributed by atoms with Crippen molar-refractivity contribution in [2.75, 3.05) is 27.2 Å². The van der Waals surface area contributed by atoms with E-state index in [9.17, 15) is 0 Å². The maximum Gasteiger partial charge on any atom is 0.194 e. The molecule has 0 aromatic carbocycles. The minimum Gasteiger partial charge on any atom is -0.375 e. The van der Waals surface area contributed by atoms with Gasteiger partial charge in [0, 0.05) is 32.6 Å². The van der Waals surface area contributed by atoms with Crippen LogP contribution in [0, 0.1) is 0 Å². The van der Waals surface area contributed by atoms with Crippen LogP contribution in [-0.2, 0) is 11.3 Å². The van der Waals surface area contributed by atoms with E-state index in [-0.39, 0.29) is 30.1 Å². The van der Waals surface area contributed by atoms with Crippen LogP contribution in [0.2, 0.25) is 0 Å². The Kier molecular flexibility index (Phi) is 11.0. The molecule has 0 aliphatic heterocycles. The number of ether oxygens (including phenoxy) is 1. The van der Waals surface area contributed by atoms with Crippen molar-refractivity contribution in [2.24, 2.45) is 4.99 Å². The highest BCUT2D eigenvalue weighted by Crippen LogP contribution is 2.20. The van der Waals surface area contributed by atoms with E-state index in [0.29, 0.717) is 0 Å². The SMILES string of the molecule is CCCN=C(NCC)N(C)Cc1csc(C(C)OC)n1.I. The summed E-state index contributed by atoms with van der Waals surface area (Å²) < 4.78 is 5.29. The van der Waals surface area contributed by atoms with Gasteiger partial charge in [-0.1, -0.05) is 6.92 Å². The van der Waals surface area contributed by atoms with Gasteiger partial charge >= 0.3 is 0 Å². The van der Waals surface area contributed by atoms with E-state index >= 15 is 0 Å². The number of rotatable bonds is 7. The Bertz CT molecular complexity index is 425. The molecule has 1 aromatic rings. The van der Waals surface area contributed by atoms with Gasteiger partial charge < -0.3 is 15.0 Å². The number of nitrogens with one attached hydrogen (secondary N) is 1. The molecule has 1 rings (SSSR count). The Morgan fingerprint density at radius 2 is 2.24 bits per heavy atom. The standard InChI is InChI=1S/C14H26N4OS.HI/c1-6-8-16-14(15-7-2)18(4)9-12-10-20-13(17-12)11(3)19-5;/h10-11H,6-9H2,1-5H3,(H,15,16);1H. The average Bonchev–Trinajstić information content (AvgIpc) is 2.90. The maximum absolute atomic E-state index is 5.29. The molecule has 0 saturated carbocycles. The first kappa shape index (κ1) is 20.6. The number of aliphatic imine (C=N–C) groups is 1. The largest absolute Gasteiger partial charge is 0.375 e. The molecule has 1 aromatic heterocycles. The summed E-state index contributed by atoms with van der Waals surface area (Å²) in [6, 6.07) is 0. The van der Waals surface area contributed by atoms with Crippen molar-refractivity contribution < 1.29 is 4.74 Å². The first-order valence-electron chi connectivity index (χ1n) is 7.08. The normalized spacial score (nSPS) is 12.7. The molecule has 0 fully saturated rings. The molecule has 0 saturated heterocycles. The fourth-order valence-electron chi connectivity index (χ4n) is 1.69. The van der Waals surface area contributed by atoms with Gasteiger partial charge in [0.2, 0.25) is 0 Å². The topological polar surface area (TPSA) is 49.8 Å². The smallest absolute Gasteiger partial charge is 0.194 e. The van der Waals surface area contributed by atoms with Crippen molar-refractivity contribution in [3.05, 3.63) is 16.1 Å². The zero-order chi connectivity index (χ0) is 15.0.